The number of para-hydroxylation sites is 1. The Balaban J connectivity index is 1.52. The smallest absolute Gasteiger partial charge is 0.264 e. The third-order valence-electron chi connectivity index (χ3n) is 5.23. The van der Waals surface area contributed by atoms with Gasteiger partial charge in [-0.2, -0.15) is 5.10 Å². The molecule has 4 rings (SSSR count). The summed E-state index contributed by atoms with van der Waals surface area (Å²) in [6, 6.07) is 17.3. The number of nitrogens with one attached hydrogen (secondary N) is 2. The molecule has 2 N–H and O–H groups in total. The maximum absolute atomic E-state index is 13.0. The molecule has 1 amide bonds. The molecule has 2 aromatic carbocycles. The second-order valence-electron chi connectivity index (χ2n) is 8.06. The van der Waals surface area contributed by atoms with Crippen molar-refractivity contribution in [2.45, 2.75) is 38.5 Å². The molecular formula is C25H26N6O3S. The molecule has 0 atom stereocenters. The summed E-state index contributed by atoms with van der Waals surface area (Å²) in [5.41, 5.74) is 3.95. The van der Waals surface area contributed by atoms with Crippen LogP contribution < -0.4 is 10.0 Å². The fourth-order valence-electron chi connectivity index (χ4n) is 3.70. The van der Waals surface area contributed by atoms with Gasteiger partial charge in [-0.1, -0.05) is 31.5 Å². The number of hydrogen-bond acceptors (Lipinski definition) is 6. The van der Waals surface area contributed by atoms with Gasteiger partial charge in [-0.3, -0.25) is 4.79 Å². The largest absolute Gasteiger partial charge is 0.322 e. The minimum atomic E-state index is -3.89. The van der Waals surface area contributed by atoms with Crippen molar-refractivity contribution in [3.63, 3.8) is 0 Å². The first-order valence-corrected chi connectivity index (χ1v) is 12.6. The van der Waals surface area contributed by atoms with E-state index in [1.165, 1.54) is 24.3 Å². The zero-order chi connectivity index (χ0) is 25.0. The topological polar surface area (TPSA) is 119 Å². The maximum Gasteiger partial charge on any atom is 0.264 e. The number of sulfonamides is 1. The first-order valence-electron chi connectivity index (χ1n) is 11.2. The average Bonchev–Trinajstić information content (AvgIpc) is 3.23. The highest BCUT2D eigenvalue weighted by Crippen LogP contribution is 2.20. The summed E-state index contributed by atoms with van der Waals surface area (Å²) in [5.74, 6) is -0.299. The van der Waals surface area contributed by atoms with E-state index in [-0.39, 0.29) is 16.8 Å². The summed E-state index contributed by atoms with van der Waals surface area (Å²) >= 11 is 0. The van der Waals surface area contributed by atoms with Gasteiger partial charge in [-0.15, -0.1) is 0 Å². The van der Waals surface area contributed by atoms with Gasteiger partial charge in [0, 0.05) is 17.1 Å². The molecule has 0 aliphatic carbocycles. The normalized spacial score (nSPS) is 11.3. The molecule has 0 radical (unpaired) electrons. The molecule has 2 heterocycles. The van der Waals surface area contributed by atoms with E-state index in [2.05, 4.69) is 25.1 Å². The third-order valence-corrected chi connectivity index (χ3v) is 6.58. The number of rotatable bonds is 8. The van der Waals surface area contributed by atoms with Crippen LogP contribution in [0.1, 0.15) is 40.8 Å². The van der Waals surface area contributed by atoms with E-state index in [1.807, 2.05) is 37.3 Å². The van der Waals surface area contributed by atoms with Crippen molar-refractivity contribution in [1.29, 1.82) is 0 Å². The van der Waals surface area contributed by atoms with Crippen LogP contribution in [0.3, 0.4) is 0 Å². The Kier molecular flexibility index (Phi) is 6.92. The van der Waals surface area contributed by atoms with Crippen LogP contribution >= 0.6 is 0 Å². The third kappa shape index (κ3) is 5.55. The van der Waals surface area contributed by atoms with Crippen LogP contribution in [0.5, 0.6) is 0 Å². The Morgan fingerprint density at radius 3 is 2.26 bits per heavy atom. The Labute approximate surface area is 204 Å². The van der Waals surface area contributed by atoms with Crippen LogP contribution in [-0.2, 0) is 16.4 Å². The standard InChI is InChI=1S/C25H26N6O3S/c1-4-8-23-22(16-26-31(23)20-9-6-5-7-10-20)24(32)29-19-11-13-21(14-12-19)35(33,34)30-25-27-17(2)15-18(3)28-25/h5-7,9-16H,4,8H2,1-3H3,(H,29,32)(H,27,28,30). The SMILES string of the molecule is CCCc1c(C(=O)Nc2ccc(S(=O)(=O)Nc3nc(C)cc(C)n3)cc2)cnn1-c1ccccc1. The molecule has 4 aromatic rings. The first-order chi connectivity index (χ1) is 16.8. The highest BCUT2D eigenvalue weighted by Gasteiger charge is 2.19. The predicted molar refractivity (Wildman–Crippen MR) is 134 cm³/mol. The number of aromatic nitrogens is 4. The van der Waals surface area contributed by atoms with Crippen molar-refractivity contribution < 1.29 is 13.2 Å². The number of carbonyl (C=O) groups is 1. The minimum Gasteiger partial charge on any atom is -0.322 e. The molecule has 0 aliphatic rings. The number of anilines is 2. The molecule has 0 unspecified atom stereocenters. The second-order valence-corrected chi connectivity index (χ2v) is 9.74. The zero-order valence-electron chi connectivity index (χ0n) is 19.7. The van der Waals surface area contributed by atoms with Crippen LogP contribution in [-0.4, -0.2) is 34.1 Å². The van der Waals surface area contributed by atoms with E-state index >= 15 is 0 Å². The average molecular weight is 491 g/mol. The highest BCUT2D eigenvalue weighted by molar-refractivity contribution is 7.92. The van der Waals surface area contributed by atoms with E-state index in [0.717, 1.165) is 17.8 Å². The Hall–Kier alpha value is -4.05. The lowest BCUT2D eigenvalue weighted by Gasteiger charge is -2.11. The van der Waals surface area contributed by atoms with E-state index < -0.39 is 10.0 Å². The van der Waals surface area contributed by atoms with Crippen LogP contribution in [0.4, 0.5) is 11.6 Å². The first kappa shape index (κ1) is 24.1. The van der Waals surface area contributed by atoms with Gasteiger partial charge in [-0.25, -0.2) is 27.8 Å². The summed E-state index contributed by atoms with van der Waals surface area (Å²) in [5, 5.41) is 7.26. The molecule has 0 saturated carbocycles. The highest BCUT2D eigenvalue weighted by atomic mass is 32.2. The van der Waals surface area contributed by atoms with Crippen LogP contribution in [0.2, 0.25) is 0 Å². The van der Waals surface area contributed by atoms with Crippen LogP contribution in [0.15, 0.2) is 71.8 Å². The number of nitrogens with zero attached hydrogens (tertiary/aromatic N) is 4. The van der Waals surface area contributed by atoms with Crippen molar-refractivity contribution in [2.24, 2.45) is 0 Å². The molecule has 0 aliphatic heterocycles. The number of aryl methyl sites for hydroxylation is 2. The van der Waals surface area contributed by atoms with Crippen molar-refractivity contribution >= 4 is 27.6 Å². The number of amides is 1. The van der Waals surface area contributed by atoms with Gasteiger partial charge in [-0.05, 0) is 62.7 Å². The molecule has 0 saturated heterocycles. The fraction of sp³-hybridized carbons (Fsp3) is 0.200. The van der Waals surface area contributed by atoms with Crippen LogP contribution in [0, 0.1) is 13.8 Å². The fourth-order valence-corrected chi connectivity index (χ4v) is 4.64. The zero-order valence-corrected chi connectivity index (χ0v) is 20.5. The van der Waals surface area contributed by atoms with Gasteiger partial charge in [0.1, 0.15) is 0 Å². The molecular weight excluding hydrogens is 464 g/mol. The quantitative estimate of drug-likeness (QED) is 0.380. The Morgan fingerprint density at radius 1 is 0.971 bits per heavy atom. The van der Waals surface area contributed by atoms with Gasteiger partial charge in [0.25, 0.3) is 15.9 Å². The maximum atomic E-state index is 13.0. The van der Waals surface area contributed by atoms with Gasteiger partial charge >= 0.3 is 0 Å². The van der Waals surface area contributed by atoms with Crippen molar-refractivity contribution in [3.05, 3.63) is 89.5 Å². The lowest BCUT2D eigenvalue weighted by atomic mass is 10.1. The monoisotopic (exact) mass is 490 g/mol. The molecule has 0 fully saturated rings. The molecule has 35 heavy (non-hydrogen) atoms. The lowest BCUT2D eigenvalue weighted by molar-refractivity contribution is 0.102. The number of benzene rings is 2. The molecule has 0 spiro atoms. The molecule has 10 heteroatoms. The number of hydrogen-bond donors (Lipinski definition) is 2. The second kappa shape index (κ2) is 10.1. The molecule has 0 bridgehead atoms. The minimum absolute atomic E-state index is 0.0127. The molecule has 9 nitrogen and oxygen atoms in total. The molecule has 180 valence electrons. The summed E-state index contributed by atoms with van der Waals surface area (Å²) in [4.78, 5) is 21.3. The van der Waals surface area contributed by atoms with Gasteiger partial charge in [0.15, 0.2) is 0 Å². The summed E-state index contributed by atoms with van der Waals surface area (Å²) in [6.07, 6.45) is 3.09. The Morgan fingerprint density at radius 2 is 1.63 bits per heavy atom. The molecule has 2 aromatic heterocycles. The van der Waals surface area contributed by atoms with E-state index in [1.54, 1.807) is 30.8 Å². The predicted octanol–water partition coefficient (Wildman–Crippen LogP) is 4.28. The lowest BCUT2D eigenvalue weighted by Crippen LogP contribution is -2.16. The van der Waals surface area contributed by atoms with E-state index in [0.29, 0.717) is 29.1 Å². The Bertz CT molecular complexity index is 1430. The van der Waals surface area contributed by atoms with Crippen molar-refractivity contribution in [2.75, 3.05) is 10.0 Å². The van der Waals surface area contributed by atoms with E-state index in [9.17, 15) is 13.2 Å². The van der Waals surface area contributed by atoms with Gasteiger partial charge in [0.05, 0.1) is 28.0 Å². The van der Waals surface area contributed by atoms with Crippen LogP contribution in [0.25, 0.3) is 5.69 Å². The van der Waals surface area contributed by atoms with E-state index in [4.69, 9.17) is 0 Å². The van der Waals surface area contributed by atoms with Crippen molar-refractivity contribution in [1.82, 2.24) is 19.7 Å². The summed E-state index contributed by atoms with van der Waals surface area (Å²) in [7, 11) is -3.89. The van der Waals surface area contributed by atoms with Crippen molar-refractivity contribution in [3.8, 4) is 5.69 Å². The van der Waals surface area contributed by atoms with Gasteiger partial charge < -0.3 is 5.32 Å². The summed E-state index contributed by atoms with van der Waals surface area (Å²) in [6.45, 7) is 5.57. The summed E-state index contributed by atoms with van der Waals surface area (Å²) < 4.78 is 29.7. The number of carbonyl (C=O) groups excluding carboxylic acids is 1. The van der Waals surface area contributed by atoms with Gasteiger partial charge in [0.2, 0.25) is 5.95 Å².